The lowest BCUT2D eigenvalue weighted by Crippen LogP contribution is -2.49. The Balaban J connectivity index is 1.40. The van der Waals surface area contributed by atoms with E-state index in [1.54, 1.807) is 6.07 Å². The first-order valence-electron chi connectivity index (χ1n) is 12.6. The maximum atomic E-state index is 10.2. The molecule has 0 unspecified atom stereocenters. The fraction of sp³-hybridized carbons (Fsp3) is 0.290. The Morgan fingerprint density at radius 3 is 2.50 bits per heavy atom. The topological polar surface area (TPSA) is 54.7 Å². The van der Waals surface area contributed by atoms with Crippen LogP contribution < -0.4 is 4.74 Å². The normalized spacial score (nSPS) is 22.7. The summed E-state index contributed by atoms with van der Waals surface area (Å²) in [5.74, 6) is 2.11. The predicted molar refractivity (Wildman–Crippen MR) is 148 cm³/mol. The van der Waals surface area contributed by atoms with E-state index in [1.807, 2.05) is 48.2 Å². The third kappa shape index (κ3) is 3.29. The molecule has 0 bridgehead atoms. The van der Waals surface area contributed by atoms with Crippen LogP contribution >= 0.6 is 11.8 Å². The summed E-state index contributed by atoms with van der Waals surface area (Å²) in [6, 6.07) is 26.1. The Kier molecular flexibility index (Phi) is 5.38. The van der Waals surface area contributed by atoms with Crippen molar-refractivity contribution >= 4 is 27.7 Å². The molecule has 0 amide bonds. The average Bonchev–Trinajstić information content (AvgIpc) is 3.36. The quantitative estimate of drug-likeness (QED) is 0.308. The van der Waals surface area contributed by atoms with E-state index in [0.717, 1.165) is 22.4 Å². The molecule has 1 aromatic heterocycles. The van der Waals surface area contributed by atoms with Crippen molar-refractivity contribution in [3.05, 3.63) is 95.6 Å². The number of phenolic OH excluding ortho intramolecular Hbond substituents is 1. The summed E-state index contributed by atoms with van der Waals surface area (Å²) < 4.78 is 6.13. The number of para-hydroxylation sites is 1. The van der Waals surface area contributed by atoms with Gasteiger partial charge in [0.25, 0.3) is 0 Å². The molecule has 5 heteroatoms. The molecule has 0 spiro atoms. The minimum absolute atomic E-state index is 0.0194. The Labute approximate surface area is 216 Å². The largest absolute Gasteiger partial charge is 0.506 e. The van der Waals surface area contributed by atoms with Crippen LogP contribution in [0.5, 0.6) is 17.4 Å². The first-order chi connectivity index (χ1) is 17.3. The molecule has 0 radical (unpaired) electrons. The predicted octanol–water partition coefficient (Wildman–Crippen LogP) is 7.73. The van der Waals surface area contributed by atoms with Gasteiger partial charge in [0, 0.05) is 17.0 Å². The fourth-order valence-corrected chi connectivity index (χ4v) is 7.90. The molecule has 2 heterocycles. The van der Waals surface area contributed by atoms with Gasteiger partial charge in [-0.25, -0.2) is 4.98 Å². The summed E-state index contributed by atoms with van der Waals surface area (Å²) in [6.07, 6.45) is 1.03. The lowest BCUT2D eigenvalue weighted by Gasteiger charge is -2.44. The maximum absolute atomic E-state index is 10.2. The lowest BCUT2D eigenvalue weighted by atomic mass is 9.70. The smallest absolute Gasteiger partial charge is 0.219 e. The highest BCUT2D eigenvalue weighted by molar-refractivity contribution is 8.16. The van der Waals surface area contributed by atoms with Gasteiger partial charge in [-0.3, -0.25) is 4.99 Å². The van der Waals surface area contributed by atoms with Crippen molar-refractivity contribution in [2.45, 2.75) is 44.4 Å². The summed E-state index contributed by atoms with van der Waals surface area (Å²) in [4.78, 5) is 10.1. The third-order valence-electron chi connectivity index (χ3n) is 7.83. The van der Waals surface area contributed by atoms with Gasteiger partial charge in [0.1, 0.15) is 22.6 Å². The molecule has 0 saturated carbocycles. The summed E-state index contributed by atoms with van der Waals surface area (Å²) in [5, 5.41) is 12.1. The zero-order chi connectivity index (χ0) is 25.1. The van der Waals surface area contributed by atoms with Crippen LogP contribution in [0.1, 0.15) is 44.4 Å². The zero-order valence-corrected chi connectivity index (χ0v) is 21.8. The molecular weight excluding hydrogens is 464 g/mol. The fourth-order valence-electron chi connectivity index (χ4n) is 6.11. The Hall–Kier alpha value is -3.31. The highest BCUT2D eigenvalue weighted by Gasteiger charge is 2.65. The molecular formula is C31H30N2O2S. The molecule has 1 aliphatic carbocycles. The number of ether oxygens (including phenoxy) is 1. The van der Waals surface area contributed by atoms with Crippen molar-refractivity contribution in [1.82, 2.24) is 4.98 Å². The molecule has 6 rings (SSSR count). The van der Waals surface area contributed by atoms with Gasteiger partial charge in [-0.15, -0.1) is 0 Å². The molecule has 182 valence electrons. The van der Waals surface area contributed by atoms with E-state index in [2.05, 4.69) is 69.1 Å². The monoisotopic (exact) mass is 494 g/mol. The van der Waals surface area contributed by atoms with E-state index in [1.165, 1.54) is 11.1 Å². The van der Waals surface area contributed by atoms with E-state index in [4.69, 9.17) is 9.73 Å². The van der Waals surface area contributed by atoms with Crippen molar-refractivity contribution in [2.24, 2.45) is 16.8 Å². The summed E-state index contributed by atoms with van der Waals surface area (Å²) in [7, 11) is 0. The molecule has 0 fully saturated rings. The van der Waals surface area contributed by atoms with Crippen LogP contribution in [0.2, 0.25) is 0 Å². The first-order valence-corrected chi connectivity index (χ1v) is 13.4. The number of phenols is 1. The van der Waals surface area contributed by atoms with Crippen molar-refractivity contribution in [1.29, 1.82) is 0 Å². The molecule has 0 saturated heterocycles. The number of aromatic hydroxyl groups is 1. The number of benzene rings is 3. The van der Waals surface area contributed by atoms with E-state index < -0.39 is 0 Å². The van der Waals surface area contributed by atoms with Crippen LogP contribution in [-0.4, -0.2) is 19.9 Å². The highest BCUT2D eigenvalue weighted by Crippen LogP contribution is 2.65. The number of aliphatic imine (C=N–C) groups is 1. The third-order valence-corrected chi connectivity index (χ3v) is 9.64. The van der Waals surface area contributed by atoms with Gasteiger partial charge in [0.2, 0.25) is 5.88 Å². The van der Waals surface area contributed by atoms with Crippen molar-refractivity contribution < 1.29 is 9.84 Å². The second-order valence-corrected chi connectivity index (χ2v) is 11.8. The Bertz CT molecular complexity index is 1510. The minimum Gasteiger partial charge on any atom is -0.506 e. The van der Waals surface area contributed by atoms with E-state index in [9.17, 15) is 5.11 Å². The molecule has 4 nitrogen and oxygen atoms in total. The van der Waals surface area contributed by atoms with Crippen LogP contribution in [0.4, 0.5) is 0 Å². The van der Waals surface area contributed by atoms with E-state index in [-0.39, 0.29) is 16.0 Å². The number of rotatable bonds is 5. The summed E-state index contributed by atoms with van der Waals surface area (Å²) >= 11 is 1.94. The second-order valence-electron chi connectivity index (χ2n) is 10.4. The standard InChI is InChI=1S/C31H30N2O2S/c1-19(2)30-18-23-9-5-6-13-25(23)31(30,20(3)4)33-29(36-30)22-11-7-12-24(17-22)35-27-16-15-21-10-8-14-26(34)28(21)32-27/h5-17,19-20,34H,18H2,1-4H3/t30-,31-/m0/s1. The van der Waals surface area contributed by atoms with Gasteiger partial charge >= 0.3 is 0 Å². The molecule has 36 heavy (non-hydrogen) atoms. The summed E-state index contributed by atoms with van der Waals surface area (Å²) in [5.41, 5.74) is 4.15. The Morgan fingerprint density at radius 1 is 0.889 bits per heavy atom. The van der Waals surface area contributed by atoms with E-state index in [0.29, 0.717) is 29.0 Å². The molecule has 2 atom stereocenters. The molecule has 1 aliphatic heterocycles. The maximum Gasteiger partial charge on any atom is 0.219 e. The van der Waals surface area contributed by atoms with Gasteiger partial charge in [-0.05, 0) is 53.6 Å². The van der Waals surface area contributed by atoms with Gasteiger partial charge in [0.15, 0.2) is 0 Å². The minimum atomic E-state index is -0.258. The van der Waals surface area contributed by atoms with Gasteiger partial charge < -0.3 is 9.84 Å². The second kappa shape index (κ2) is 8.38. The average molecular weight is 495 g/mol. The molecule has 1 N–H and O–H groups in total. The molecule has 3 aromatic carbocycles. The number of thioether (sulfide) groups is 1. The zero-order valence-electron chi connectivity index (χ0n) is 21.0. The lowest BCUT2D eigenvalue weighted by molar-refractivity contribution is 0.213. The van der Waals surface area contributed by atoms with Crippen LogP contribution in [-0.2, 0) is 12.0 Å². The number of hydrogen-bond donors (Lipinski definition) is 1. The van der Waals surface area contributed by atoms with Crippen LogP contribution in [0.25, 0.3) is 10.9 Å². The van der Waals surface area contributed by atoms with Crippen LogP contribution in [0, 0.1) is 11.8 Å². The number of pyridine rings is 1. The van der Waals surface area contributed by atoms with Crippen molar-refractivity contribution in [3.63, 3.8) is 0 Å². The highest BCUT2D eigenvalue weighted by atomic mass is 32.2. The number of fused-ring (bicyclic) bond motifs is 4. The Morgan fingerprint density at radius 2 is 1.69 bits per heavy atom. The van der Waals surface area contributed by atoms with Crippen molar-refractivity contribution in [3.8, 4) is 17.4 Å². The van der Waals surface area contributed by atoms with Gasteiger partial charge in [-0.2, -0.15) is 0 Å². The van der Waals surface area contributed by atoms with Crippen LogP contribution in [0.3, 0.4) is 0 Å². The molecule has 2 aliphatic rings. The van der Waals surface area contributed by atoms with Gasteiger partial charge in [0.05, 0.1) is 9.79 Å². The van der Waals surface area contributed by atoms with Crippen LogP contribution in [0.15, 0.2) is 83.9 Å². The van der Waals surface area contributed by atoms with E-state index >= 15 is 0 Å². The number of hydrogen-bond acceptors (Lipinski definition) is 5. The number of aromatic nitrogens is 1. The van der Waals surface area contributed by atoms with Crippen molar-refractivity contribution in [2.75, 3.05) is 0 Å². The number of nitrogens with zero attached hydrogens (tertiary/aromatic N) is 2. The first kappa shape index (κ1) is 23.1. The van der Waals surface area contributed by atoms with Gasteiger partial charge in [-0.1, -0.05) is 88.0 Å². The summed E-state index contributed by atoms with van der Waals surface area (Å²) in [6.45, 7) is 9.31. The molecule has 4 aromatic rings. The SMILES string of the molecule is CC(C)[C@@]12Cc3ccccc3[C@]1(C(C)C)N=C(c1cccc(Oc3ccc4cccc(O)c4n3)c1)S2.